The zero-order chi connectivity index (χ0) is 31.0. The monoisotopic (exact) mass is 627 g/mol. The minimum Gasteiger partial charge on any atom is -0.497 e. The van der Waals surface area contributed by atoms with E-state index in [2.05, 4.69) is 5.32 Å². The molecule has 0 radical (unpaired) electrons. The van der Waals surface area contributed by atoms with Crippen LogP contribution in [0.25, 0.3) is 0 Å². The Morgan fingerprint density at radius 3 is 2.28 bits per heavy atom. The van der Waals surface area contributed by atoms with Crippen LogP contribution in [-0.2, 0) is 32.6 Å². The number of halogens is 1. The van der Waals surface area contributed by atoms with Crippen molar-refractivity contribution in [3.63, 3.8) is 0 Å². The standard InChI is InChI=1S/C32H38ClN3O6S/c1-41-26-17-18-30(42-2)28(20-26)36(43(3,39)40)22-31(37)35(21-24-13-7-10-16-27(24)33)29(19-23-11-5-4-6-12-23)32(38)34-25-14-8-9-15-25/h4-7,10-13,16-18,20,25,29H,8-9,14-15,19,21-22H2,1-3H3,(H,34,38)/t29-/m1/s1. The molecule has 0 bridgehead atoms. The summed E-state index contributed by atoms with van der Waals surface area (Å²) in [5.74, 6) is -0.224. The van der Waals surface area contributed by atoms with Crippen LogP contribution in [0.15, 0.2) is 72.8 Å². The minimum atomic E-state index is -3.98. The molecule has 0 aliphatic heterocycles. The van der Waals surface area contributed by atoms with Crippen LogP contribution >= 0.6 is 11.6 Å². The molecule has 4 rings (SSSR count). The summed E-state index contributed by atoms with van der Waals surface area (Å²) in [7, 11) is -1.11. The fourth-order valence-corrected chi connectivity index (χ4v) is 6.36. The molecule has 3 aromatic rings. The highest BCUT2D eigenvalue weighted by Crippen LogP contribution is 2.34. The van der Waals surface area contributed by atoms with Crippen LogP contribution in [-0.4, -0.2) is 64.2 Å². The first-order valence-corrected chi connectivity index (χ1v) is 16.4. The van der Waals surface area contributed by atoms with Gasteiger partial charge in [0.1, 0.15) is 24.1 Å². The summed E-state index contributed by atoms with van der Waals surface area (Å²) in [4.78, 5) is 29.7. The number of nitrogens with zero attached hydrogens (tertiary/aromatic N) is 2. The fourth-order valence-electron chi connectivity index (χ4n) is 5.32. The van der Waals surface area contributed by atoms with Gasteiger partial charge in [-0.05, 0) is 42.2 Å². The molecule has 0 saturated heterocycles. The summed E-state index contributed by atoms with van der Waals surface area (Å²) >= 11 is 6.53. The summed E-state index contributed by atoms with van der Waals surface area (Å²) in [6, 6.07) is 20.3. The van der Waals surface area contributed by atoms with E-state index in [1.807, 2.05) is 30.3 Å². The Balaban J connectivity index is 1.77. The van der Waals surface area contributed by atoms with Crippen LogP contribution < -0.4 is 19.1 Å². The minimum absolute atomic E-state index is 0.000934. The average molecular weight is 628 g/mol. The lowest BCUT2D eigenvalue weighted by Gasteiger charge is -2.34. The molecule has 9 nitrogen and oxygen atoms in total. The van der Waals surface area contributed by atoms with Gasteiger partial charge < -0.3 is 19.7 Å². The maximum atomic E-state index is 14.3. The number of amides is 2. The van der Waals surface area contributed by atoms with Gasteiger partial charge in [0.05, 0.1) is 26.2 Å². The number of benzene rings is 3. The molecular weight excluding hydrogens is 590 g/mol. The van der Waals surface area contributed by atoms with Crippen molar-refractivity contribution in [2.75, 3.05) is 31.3 Å². The van der Waals surface area contributed by atoms with E-state index >= 15 is 0 Å². The second-order valence-corrected chi connectivity index (χ2v) is 12.9. The van der Waals surface area contributed by atoms with E-state index in [9.17, 15) is 18.0 Å². The Morgan fingerprint density at radius 2 is 1.65 bits per heavy atom. The van der Waals surface area contributed by atoms with Crippen molar-refractivity contribution < 1.29 is 27.5 Å². The molecule has 1 N–H and O–H groups in total. The molecule has 0 heterocycles. The van der Waals surface area contributed by atoms with E-state index in [1.165, 1.54) is 25.2 Å². The summed E-state index contributed by atoms with van der Waals surface area (Å²) in [5.41, 5.74) is 1.64. The van der Waals surface area contributed by atoms with Gasteiger partial charge in [0.15, 0.2) is 0 Å². The van der Waals surface area contributed by atoms with Crippen LogP contribution in [0.1, 0.15) is 36.8 Å². The molecular formula is C32H38ClN3O6S. The molecule has 1 atom stereocenters. The highest BCUT2D eigenvalue weighted by molar-refractivity contribution is 7.92. The molecule has 3 aromatic carbocycles. The van der Waals surface area contributed by atoms with Crippen molar-refractivity contribution in [2.24, 2.45) is 0 Å². The summed E-state index contributed by atoms with van der Waals surface area (Å²) in [6.07, 6.45) is 5.06. The first kappa shape index (κ1) is 32.2. The average Bonchev–Trinajstić information content (AvgIpc) is 3.51. The maximum Gasteiger partial charge on any atom is 0.244 e. The highest BCUT2D eigenvalue weighted by atomic mass is 35.5. The smallest absolute Gasteiger partial charge is 0.244 e. The number of sulfonamides is 1. The molecule has 1 fully saturated rings. The topological polar surface area (TPSA) is 105 Å². The van der Waals surface area contributed by atoms with Gasteiger partial charge in [0.25, 0.3) is 0 Å². The Bertz CT molecular complexity index is 1510. The number of methoxy groups -OCH3 is 2. The number of carbonyl (C=O) groups is 2. The van der Waals surface area contributed by atoms with E-state index in [4.69, 9.17) is 21.1 Å². The largest absolute Gasteiger partial charge is 0.497 e. The van der Waals surface area contributed by atoms with Crippen molar-refractivity contribution in [3.8, 4) is 11.5 Å². The first-order valence-electron chi connectivity index (χ1n) is 14.2. The van der Waals surface area contributed by atoms with Crippen molar-refractivity contribution in [3.05, 3.63) is 88.9 Å². The fraction of sp³-hybridized carbons (Fsp3) is 0.375. The Hall–Kier alpha value is -3.76. The molecule has 230 valence electrons. The van der Waals surface area contributed by atoms with Crippen molar-refractivity contribution in [1.29, 1.82) is 0 Å². The number of ether oxygens (including phenoxy) is 2. The molecule has 11 heteroatoms. The Morgan fingerprint density at radius 1 is 0.977 bits per heavy atom. The normalized spacial score (nSPS) is 14.1. The number of hydrogen-bond acceptors (Lipinski definition) is 6. The van der Waals surface area contributed by atoms with Crippen molar-refractivity contribution in [2.45, 2.75) is 50.7 Å². The van der Waals surface area contributed by atoms with Gasteiger partial charge in [-0.2, -0.15) is 0 Å². The SMILES string of the molecule is COc1ccc(OC)c(N(CC(=O)N(Cc2ccccc2Cl)[C@H](Cc2ccccc2)C(=O)NC2CCCC2)S(C)(=O)=O)c1. The Labute approximate surface area is 258 Å². The third-order valence-corrected chi connectivity index (χ3v) is 9.10. The molecule has 1 aliphatic carbocycles. The van der Waals surface area contributed by atoms with Crippen LogP contribution in [0.2, 0.25) is 5.02 Å². The highest BCUT2D eigenvalue weighted by Gasteiger charge is 2.35. The van der Waals surface area contributed by atoms with Crippen LogP contribution in [0.5, 0.6) is 11.5 Å². The summed E-state index contributed by atoms with van der Waals surface area (Å²) in [6.45, 7) is -0.574. The predicted octanol–water partition coefficient (Wildman–Crippen LogP) is 4.82. The molecule has 0 unspecified atom stereocenters. The van der Waals surface area contributed by atoms with Crippen LogP contribution in [0, 0.1) is 0 Å². The van der Waals surface area contributed by atoms with Crippen molar-refractivity contribution in [1.82, 2.24) is 10.2 Å². The second-order valence-electron chi connectivity index (χ2n) is 10.6. The summed E-state index contributed by atoms with van der Waals surface area (Å²) < 4.78 is 38.1. The van der Waals surface area contributed by atoms with Crippen LogP contribution in [0.3, 0.4) is 0 Å². The molecule has 43 heavy (non-hydrogen) atoms. The van der Waals surface area contributed by atoms with E-state index in [0.29, 0.717) is 16.3 Å². The number of hydrogen-bond donors (Lipinski definition) is 1. The third kappa shape index (κ3) is 8.42. The maximum absolute atomic E-state index is 14.3. The Kier molecular flexibility index (Phi) is 10.9. The lowest BCUT2D eigenvalue weighted by Crippen LogP contribution is -2.54. The zero-order valence-corrected chi connectivity index (χ0v) is 26.2. The number of rotatable bonds is 13. The quantitative estimate of drug-likeness (QED) is 0.291. The first-order chi connectivity index (χ1) is 20.6. The van der Waals surface area contributed by atoms with Gasteiger partial charge in [-0.15, -0.1) is 0 Å². The van der Waals surface area contributed by atoms with E-state index < -0.39 is 28.5 Å². The molecule has 1 aliphatic rings. The predicted molar refractivity (Wildman–Crippen MR) is 168 cm³/mol. The van der Waals surface area contributed by atoms with Gasteiger partial charge in [0.2, 0.25) is 21.8 Å². The second kappa shape index (κ2) is 14.6. The van der Waals surface area contributed by atoms with E-state index in [-0.39, 0.29) is 36.4 Å². The molecule has 2 amide bonds. The lowest BCUT2D eigenvalue weighted by atomic mass is 10.0. The zero-order valence-electron chi connectivity index (χ0n) is 24.7. The number of nitrogens with one attached hydrogen (secondary N) is 1. The van der Waals surface area contributed by atoms with Crippen LogP contribution in [0.4, 0.5) is 5.69 Å². The van der Waals surface area contributed by atoms with Crippen molar-refractivity contribution >= 4 is 39.1 Å². The molecule has 0 aromatic heterocycles. The molecule has 1 saturated carbocycles. The summed E-state index contributed by atoms with van der Waals surface area (Å²) in [5, 5.41) is 3.58. The molecule has 0 spiro atoms. The number of carbonyl (C=O) groups excluding carboxylic acids is 2. The van der Waals surface area contributed by atoms with Gasteiger partial charge in [-0.3, -0.25) is 13.9 Å². The third-order valence-electron chi connectivity index (χ3n) is 7.61. The number of anilines is 1. The van der Waals surface area contributed by atoms with E-state index in [1.54, 1.807) is 36.4 Å². The van der Waals surface area contributed by atoms with Gasteiger partial charge in [-0.25, -0.2) is 8.42 Å². The van der Waals surface area contributed by atoms with Gasteiger partial charge in [-0.1, -0.05) is 73.0 Å². The van der Waals surface area contributed by atoms with Gasteiger partial charge >= 0.3 is 0 Å². The van der Waals surface area contributed by atoms with E-state index in [0.717, 1.165) is 41.8 Å². The lowest BCUT2D eigenvalue weighted by molar-refractivity contribution is -0.140. The van der Waals surface area contributed by atoms with Gasteiger partial charge in [0, 0.05) is 30.1 Å².